The lowest BCUT2D eigenvalue weighted by Gasteiger charge is -2.49. The first kappa shape index (κ1) is 14.7. The summed E-state index contributed by atoms with van der Waals surface area (Å²) in [5.41, 5.74) is 0.349. The summed E-state index contributed by atoms with van der Waals surface area (Å²) >= 11 is 0. The van der Waals surface area contributed by atoms with Gasteiger partial charge in [0.25, 0.3) is 0 Å². The number of ether oxygens (including phenoxy) is 3. The lowest BCUT2D eigenvalue weighted by molar-refractivity contribution is -0.160. The molecule has 116 valence electrons. The van der Waals surface area contributed by atoms with Gasteiger partial charge in [-0.1, -0.05) is 6.92 Å². The fourth-order valence-corrected chi connectivity index (χ4v) is 3.54. The van der Waals surface area contributed by atoms with Crippen molar-refractivity contribution in [3.05, 3.63) is 23.8 Å². The molecule has 1 saturated heterocycles. The van der Waals surface area contributed by atoms with Crippen molar-refractivity contribution in [3.63, 3.8) is 0 Å². The van der Waals surface area contributed by atoms with Crippen molar-refractivity contribution in [2.45, 2.75) is 56.8 Å². The van der Waals surface area contributed by atoms with Crippen LogP contribution in [0.3, 0.4) is 0 Å². The summed E-state index contributed by atoms with van der Waals surface area (Å²) in [6.07, 6.45) is 2.71. The number of benzene rings is 1. The molecule has 0 aromatic heterocycles. The van der Waals surface area contributed by atoms with Gasteiger partial charge in [0.15, 0.2) is 0 Å². The van der Waals surface area contributed by atoms with Crippen LogP contribution in [0.2, 0.25) is 0 Å². The molecule has 0 aliphatic carbocycles. The van der Waals surface area contributed by atoms with Gasteiger partial charge in [0, 0.05) is 30.9 Å². The van der Waals surface area contributed by atoms with Crippen molar-refractivity contribution in [1.29, 1.82) is 0 Å². The molecule has 3 atom stereocenters. The number of rotatable bonds is 2. The van der Waals surface area contributed by atoms with Crippen LogP contribution in [0.1, 0.15) is 51.2 Å². The normalized spacial score (nSPS) is 35.1. The third-order valence-corrected chi connectivity index (χ3v) is 4.92. The maximum absolute atomic E-state index is 10.5. The molecule has 0 bridgehead atoms. The van der Waals surface area contributed by atoms with Gasteiger partial charge in [-0.05, 0) is 25.5 Å². The van der Waals surface area contributed by atoms with Crippen LogP contribution in [0.15, 0.2) is 18.2 Å². The minimum atomic E-state index is -0.487. The average Bonchev–Trinajstić information content (AvgIpc) is 2.46. The second kappa shape index (κ2) is 5.18. The molecule has 1 aromatic rings. The molecular formula is C17H24O4. The molecule has 0 radical (unpaired) electrons. The molecule has 1 aromatic carbocycles. The lowest BCUT2D eigenvalue weighted by atomic mass is 9.76. The van der Waals surface area contributed by atoms with Gasteiger partial charge in [0.05, 0.1) is 25.4 Å². The largest absolute Gasteiger partial charge is 0.497 e. The maximum atomic E-state index is 10.5. The van der Waals surface area contributed by atoms with Crippen molar-refractivity contribution in [3.8, 4) is 11.5 Å². The first-order valence-electron chi connectivity index (χ1n) is 7.68. The first-order chi connectivity index (χ1) is 9.99. The van der Waals surface area contributed by atoms with E-state index in [1.54, 1.807) is 7.11 Å². The van der Waals surface area contributed by atoms with E-state index in [4.69, 9.17) is 14.2 Å². The third-order valence-electron chi connectivity index (χ3n) is 4.92. The second-order valence-corrected chi connectivity index (χ2v) is 6.49. The van der Waals surface area contributed by atoms with E-state index in [0.29, 0.717) is 13.0 Å². The van der Waals surface area contributed by atoms with E-state index in [9.17, 15) is 5.11 Å². The quantitative estimate of drug-likeness (QED) is 0.909. The molecule has 4 heteroatoms. The molecule has 2 aliphatic heterocycles. The van der Waals surface area contributed by atoms with E-state index in [1.165, 1.54) is 0 Å². The van der Waals surface area contributed by atoms with Gasteiger partial charge in [-0.25, -0.2) is 0 Å². The molecule has 2 unspecified atom stereocenters. The molecule has 2 heterocycles. The van der Waals surface area contributed by atoms with Crippen LogP contribution in [-0.2, 0) is 4.74 Å². The highest BCUT2D eigenvalue weighted by Crippen LogP contribution is 2.48. The molecule has 0 amide bonds. The zero-order valence-electron chi connectivity index (χ0n) is 13.0. The Balaban J connectivity index is 1.93. The van der Waals surface area contributed by atoms with Gasteiger partial charge in [0.1, 0.15) is 17.1 Å². The van der Waals surface area contributed by atoms with Crippen molar-refractivity contribution in [1.82, 2.24) is 0 Å². The van der Waals surface area contributed by atoms with E-state index in [1.807, 2.05) is 18.2 Å². The highest BCUT2D eigenvalue weighted by atomic mass is 16.5. The summed E-state index contributed by atoms with van der Waals surface area (Å²) in [5.74, 6) is 1.50. The minimum absolute atomic E-state index is 0.172. The Morgan fingerprint density at radius 2 is 2.24 bits per heavy atom. The van der Waals surface area contributed by atoms with Crippen molar-refractivity contribution in [2.24, 2.45) is 0 Å². The number of methoxy groups -OCH3 is 1. The molecular weight excluding hydrogens is 268 g/mol. The predicted molar refractivity (Wildman–Crippen MR) is 79.8 cm³/mol. The predicted octanol–water partition coefficient (Wildman–Crippen LogP) is 3.23. The van der Waals surface area contributed by atoms with Crippen LogP contribution in [0.5, 0.6) is 11.5 Å². The topological polar surface area (TPSA) is 47.9 Å². The van der Waals surface area contributed by atoms with Crippen LogP contribution in [0.25, 0.3) is 0 Å². The van der Waals surface area contributed by atoms with E-state index < -0.39 is 6.10 Å². The highest BCUT2D eigenvalue weighted by Gasteiger charge is 2.48. The average molecular weight is 292 g/mol. The smallest absolute Gasteiger partial charge is 0.129 e. The van der Waals surface area contributed by atoms with Crippen molar-refractivity contribution >= 4 is 0 Å². The molecule has 21 heavy (non-hydrogen) atoms. The molecule has 1 N–H and O–H groups in total. The van der Waals surface area contributed by atoms with E-state index >= 15 is 0 Å². The molecule has 1 spiro atoms. The minimum Gasteiger partial charge on any atom is -0.497 e. The number of hydrogen-bond acceptors (Lipinski definition) is 4. The maximum Gasteiger partial charge on any atom is 0.129 e. The highest BCUT2D eigenvalue weighted by molar-refractivity contribution is 5.44. The Labute approximate surface area is 126 Å². The molecule has 1 fully saturated rings. The third kappa shape index (κ3) is 2.62. The molecule has 0 saturated carbocycles. The number of hydrogen-bond donors (Lipinski definition) is 1. The SMILES string of the molecule is CCC1(C)CC2(CCO1)C[C@H](O)c1ccc(OC)cc1O2. The van der Waals surface area contributed by atoms with Gasteiger partial charge in [-0.3, -0.25) is 0 Å². The van der Waals surface area contributed by atoms with Gasteiger partial charge < -0.3 is 19.3 Å². The van der Waals surface area contributed by atoms with Crippen LogP contribution in [0, 0.1) is 0 Å². The second-order valence-electron chi connectivity index (χ2n) is 6.49. The van der Waals surface area contributed by atoms with Gasteiger partial charge >= 0.3 is 0 Å². The molecule has 3 rings (SSSR count). The summed E-state index contributed by atoms with van der Waals surface area (Å²) in [4.78, 5) is 0. The Morgan fingerprint density at radius 3 is 2.95 bits per heavy atom. The van der Waals surface area contributed by atoms with Gasteiger partial charge in [-0.2, -0.15) is 0 Å². The zero-order valence-corrected chi connectivity index (χ0v) is 13.0. The summed E-state index contributed by atoms with van der Waals surface area (Å²) in [6, 6.07) is 5.63. The van der Waals surface area contributed by atoms with Crippen molar-refractivity contribution < 1.29 is 19.3 Å². The molecule has 2 aliphatic rings. The standard InChI is InChI=1S/C17H24O4/c1-4-16(2)11-17(7-8-20-16)10-14(18)13-6-5-12(19-3)9-15(13)21-17/h5-6,9,14,18H,4,7-8,10-11H2,1-3H3/t14-,16?,17?/m0/s1. The Morgan fingerprint density at radius 1 is 1.43 bits per heavy atom. The Hall–Kier alpha value is -1.26. The Bertz CT molecular complexity index is 530. The fourth-order valence-electron chi connectivity index (χ4n) is 3.54. The monoisotopic (exact) mass is 292 g/mol. The summed E-state index contributed by atoms with van der Waals surface area (Å²) < 4.78 is 17.5. The number of aliphatic hydroxyl groups is 1. The van der Waals surface area contributed by atoms with Crippen molar-refractivity contribution in [2.75, 3.05) is 13.7 Å². The summed E-state index contributed by atoms with van der Waals surface area (Å²) in [6.45, 7) is 4.94. The van der Waals surface area contributed by atoms with Crippen LogP contribution in [0.4, 0.5) is 0 Å². The van der Waals surface area contributed by atoms with E-state index in [2.05, 4.69) is 13.8 Å². The summed E-state index contributed by atoms with van der Waals surface area (Å²) in [5, 5.41) is 10.5. The van der Waals surface area contributed by atoms with E-state index in [0.717, 1.165) is 36.3 Å². The van der Waals surface area contributed by atoms with Crippen LogP contribution >= 0.6 is 0 Å². The van der Waals surface area contributed by atoms with E-state index in [-0.39, 0.29) is 11.2 Å². The van der Waals surface area contributed by atoms with Gasteiger partial charge in [-0.15, -0.1) is 0 Å². The fraction of sp³-hybridized carbons (Fsp3) is 0.647. The van der Waals surface area contributed by atoms with Crippen LogP contribution < -0.4 is 9.47 Å². The first-order valence-corrected chi connectivity index (χ1v) is 7.68. The number of aliphatic hydroxyl groups excluding tert-OH is 1. The summed E-state index contributed by atoms with van der Waals surface area (Å²) in [7, 11) is 1.64. The number of fused-ring (bicyclic) bond motifs is 1. The van der Waals surface area contributed by atoms with Gasteiger partial charge in [0.2, 0.25) is 0 Å². The Kier molecular flexibility index (Phi) is 3.62. The van der Waals surface area contributed by atoms with Crippen LogP contribution in [-0.4, -0.2) is 30.0 Å². The lowest BCUT2D eigenvalue weighted by Crippen LogP contribution is -2.52. The molecule has 4 nitrogen and oxygen atoms in total. The zero-order chi connectivity index (χ0) is 15.1.